The molecule has 2 aliphatic rings. The van der Waals surface area contributed by atoms with Gasteiger partial charge in [0.15, 0.2) is 0 Å². The van der Waals surface area contributed by atoms with Crippen molar-refractivity contribution in [3.05, 3.63) is 51.3 Å². The van der Waals surface area contributed by atoms with Crippen LogP contribution in [0.2, 0.25) is 0 Å². The largest absolute Gasteiger partial charge is 0.339 e. The lowest BCUT2D eigenvalue weighted by atomic mass is 9.99. The smallest absolute Gasteiger partial charge is 0.261 e. The average Bonchev–Trinajstić information content (AvgIpc) is 3.27. The van der Waals surface area contributed by atoms with E-state index < -0.39 is 0 Å². The van der Waals surface area contributed by atoms with Crippen LogP contribution in [0.4, 0.5) is 0 Å². The summed E-state index contributed by atoms with van der Waals surface area (Å²) in [4.78, 5) is 16.4. The zero-order valence-corrected chi connectivity index (χ0v) is 12.3. The maximum atomic E-state index is 13.0. The number of imidazole rings is 1. The number of nitrogens with zero attached hydrogens (tertiary/aromatic N) is 1. The Bertz CT molecular complexity index is 936. The fourth-order valence-corrected chi connectivity index (χ4v) is 4.46. The Morgan fingerprint density at radius 2 is 2.10 bits per heavy atom. The Hall–Kier alpha value is -1.72. The second-order valence-electron chi connectivity index (χ2n) is 5.77. The van der Waals surface area contributed by atoms with Gasteiger partial charge in [0.2, 0.25) is 0 Å². The fraction of sp³-hybridized carbons (Fsp3) is 0.312. The summed E-state index contributed by atoms with van der Waals surface area (Å²) in [6.45, 7) is 1.02. The molecule has 2 aliphatic heterocycles. The highest BCUT2D eigenvalue weighted by Crippen LogP contribution is 2.35. The molecule has 0 radical (unpaired) electrons. The van der Waals surface area contributed by atoms with E-state index in [1.54, 1.807) is 0 Å². The minimum absolute atomic E-state index is 0.161. The van der Waals surface area contributed by atoms with Crippen LogP contribution in [0.5, 0.6) is 0 Å². The highest BCUT2D eigenvalue weighted by atomic mass is 32.2. The van der Waals surface area contributed by atoms with E-state index in [9.17, 15) is 4.79 Å². The highest BCUT2D eigenvalue weighted by molar-refractivity contribution is 7.98. The maximum Gasteiger partial charge on any atom is 0.261 e. The number of pyridine rings is 1. The number of aromatic amines is 1. The number of nitrogens with one attached hydrogen (secondary N) is 2. The first kappa shape index (κ1) is 11.9. The number of fused-ring (bicyclic) bond motifs is 4. The summed E-state index contributed by atoms with van der Waals surface area (Å²) in [5.74, 6) is 1.96. The van der Waals surface area contributed by atoms with Crippen LogP contribution in [0, 0.1) is 0 Å². The first-order valence-electron chi connectivity index (χ1n) is 7.33. The minimum Gasteiger partial charge on any atom is -0.339 e. The van der Waals surface area contributed by atoms with E-state index >= 15 is 0 Å². The van der Waals surface area contributed by atoms with Gasteiger partial charge in [0, 0.05) is 29.5 Å². The van der Waals surface area contributed by atoms with Crippen molar-refractivity contribution in [3.8, 4) is 0 Å². The molecule has 2 N–H and O–H groups in total. The van der Waals surface area contributed by atoms with Gasteiger partial charge in [0.25, 0.3) is 5.56 Å². The molecule has 1 aromatic carbocycles. The van der Waals surface area contributed by atoms with E-state index in [4.69, 9.17) is 0 Å². The molecular formula is C16H15N3OS. The number of benzene rings is 1. The van der Waals surface area contributed by atoms with Crippen LogP contribution in [0.25, 0.3) is 16.7 Å². The average molecular weight is 297 g/mol. The third kappa shape index (κ3) is 1.59. The van der Waals surface area contributed by atoms with Crippen LogP contribution < -0.4 is 10.9 Å². The highest BCUT2D eigenvalue weighted by Gasteiger charge is 2.32. The zero-order chi connectivity index (χ0) is 14.0. The molecule has 0 amide bonds. The van der Waals surface area contributed by atoms with Gasteiger partial charge in [-0.15, -0.1) is 0 Å². The molecule has 5 rings (SSSR count). The van der Waals surface area contributed by atoms with E-state index in [0.717, 1.165) is 46.7 Å². The Kier molecular flexibility index (Phi) is 2.35. The first-order valence-corrected chi connectivity index (χ1v) is 8.48. The van der Waals surface area contributed by atoms with Crippen molar-refractivity contribution >= 4 is 28.4 Å². The lowest BCUT2D eigenvalue weighted by Gasteiger charge is -2.19. The van der Waals surface area contributed by atoms with Gasteiger partial charge < -0.3 is 10.3 Å². The first-order chi connectivity index (χ1) is 10.3. The van der Waals surface area contributed by atoms with Gasteiger partial charge in [-0.1, -0.05) is 12.1 Å². The number of para-hydroxylation sites is 2. The molecule has 0 saturated carbocycles. The SMILES string of the molecule is O=c1c2c(c(C3CN3)c3[nH]c4ccccc4n13)CCSC2. The molecule has 2 aromatic heterocycles. The summed E-state index contributed by atoms with van der Waals surface area (Å²) in [5.41, 5.74) is 6.79. The van der Waals surface area contributed by atoms with E-state index in [1.807, 2.05) is 40.4 Å². The predicted molar refractivity (Wildman–Crippen MR) is 86.1 cm³/mol. The van der Waals surface area contributed by atoms with Crippen LogP contribution in [0.15, 0.2) is 29.1 Å². The molecule has 0 bridgehead atoms. The number of hydrogen-bond acceptors (Lipinski definition) is 3. The summed E-state index contributed by atoms with van der Waals surface area (Å²) in [6.07, 6.45) is 1.01. The Morgan fingerprint density at radius 3 is 2.95 bits per heavy atom. The molecule has 21 heavy (non-hydrogen) atoms. The van der Waals surface area contributed by atoms with Crippen molar-refractivity contribution in [3.63, 3.8) is 0 Å². The maximum absolute atomic E-state index is 13.0. The Balaban J connectivity index is 2.02. The molecule has 4 heterocycles. The molecule has 106 valence electrons. The van der Waals surface area contributed by atoms with Crippen LogP contribution in [-0.2, 0) is 12.2 Å². The molecule has 5 heteroatoms. The van der Waals surface area contributed by atoms with Gasteiger partial charge in [0.1, 0.15) is 5.65 Å². The summed E-state index contributed by atoms with van der Waals surface area (Å²) >= 11 is 1.87. The summed E-state index contributed by atoms with van der Waals surface area (Å²) < 4.78 is 1.88. The molecule has 4 nitrogen and oxygen atoms in total. The van der Waals surface area contributed by atoms with Crippen LogP contribution >= 0.6 is 11.8 Å². The second kappa shape index (κ2) is 4.15. The molecule has 1 fully saturated rings. The van der Waals surface area contributed by atoms with E-state index in [0.29, 0.717) is 6.04 Å². The van der Waals surface area contributed by atoms with E-state index in [2.05, 4.69) is 10.3 Å². The van der Waals surface area contributed by atoms with Gasteiger partial charge in [-0.2, -0.15) is 11.8 Å². The lowest BCUT2D eigenvalue weighted by Crippen LogP contribution is -2.24. The number of thioether (sulfide) groups is 1. The second-order valence-corrected chi connectivity index (χ2v) is 6.87. The zero-order valence-electron chi connectivity index (χ0n) is 11.5. The third-order valence-corrected chi connectivity index (χ3v) is 5.51. The van der Waals surface area contributed by atoms with Gasteiger partial charge in [-0.3, -0.25) is 9.20 Å². The van der Waals surface area contributed by atoms with Crippen molar-refractivity contribution in [2.24, 2.45) is 0 Å². The van der Waals surface area contributed by atoms with Crippen molar-refractivity contribution in [2.75, 3.05) is 12.3 Å². The molecule has 3 aromatic rings. The molecule has 1 unspecified atom stereocenters. The summed E-state index contributed by atoms with van der Waals surface area (Å²) in [5, 5.41) is 3.41. The normalized spacial score (nSPS) is 20.9. The number of rotatable bonds is 1. The van der Waals surface area contributed by atoms with E-state index in [-0.39, 0.29) is 5.56 Å². The van der Waals surface area contributed by atoms with Gasteiger partial charge in [-0.05, 0) is 29.9 Å². The quantitative estimate of drug-likeness (QED) is 0.677. The summed E-state index contributed by atoms with van der Waals surface area (Å²) in [6, 6.07) is 8.47. The summed E-state index contributed by atoms with van der Waals surface area (Å²) in [7, 11) is 0. The van der Waals surface area contributed by atoms with Crippen LogP contribution in [-0.4, -0.2) is 21.7 Å². The lowest BCUT2D eigenvalue weighted by molar-refractivity contribution is 0.937. The molecule has 0 aliphatic carbocycles. The van der Waals surface area contributed by atoms with Crippen molar-refractivity contribution in [1.29, 1.82) is 0 Å². The van der Waals surface area contributed by atoms with Crippen LogP contribution in [0.1, 0.15) is 22.7 Å². The molecule has 1 saturated heterocycles. The molecule has 0 spiro atoms. The fourth-order valence-electron chi connectivity index (χ4n) is 3.47. The predicted octanol–water partition coefficient (Wildman–Crippen LogP) is 2.21. The number of H-pyrrole nitrogens is 1. The third-order valence-electron chi connectivity index (χ3n) is 4.53. The topological polar surface area (TPSA) is 59.2 Å². The standard InChI is InChI=1S/C16H15N3OS/c20-16-10-8-21-6-5-9(10)14(12-7-17-12)15-18-11-3-1-2-4-13(11)19(15)16/h1-4,12,17-18H,5-8H2. The van der Waals surface area contributed by atoms with Crippen LogP contribution in [0.3, 0.4) is 0 Å². The van der Waals surface area contributed by atoms with Crippen molar-refractivity contribution in [2.45, 2.75) is 18.2 Å². The van der Waals surface area contributed by atoms with Crippen molar-refractivity contribution in [1.82, 2.24) is 14.7 Å². The number of hydrogen-bond donors (Lipinski definition) is 2. The van der Waals surface area contributed by atoms with Crippen molar-refractivity contribution < 1.29 is 0 Å². The monoisotopic (exact) mass is 297 g/mol. The minimum atomic E-state index is 0.161. The van der Waals surface area contributed by atoms with Gasteiger partial charge in [-0.25, -0.2) is 0 Å². The van der Waals surface area contributed by atoms with Gasteiger partial charge in [0.05, 0.1) is 11.0 Å². The Labute approximate surface area is 125 Å². The van der Waals surface area contributed by atoms with E-state index in [1.165, 1.54) is 11.1 Å². The Morgan fingerprint density at radius 1 is 1.24 bits per heavy atom. The molecule has 1 atom stereocenters. The number of aromatic nitrogens is 2. The molecular weight excluding hydrogens is 282 g/mol. The van der Waals surface area contributed by atoms with Gasteiger partial charge >= 0.3 is 0 Å².